The van der Waals surface area contributed by atoms with Crippen molar-refractivity contribution < 1.29 is 18.0 Å². The summed E-state index contributed by atoms with van der Waals surface area (Å²) in [6.07, 6.45) is 0.725. The first-order chi connectivity index (χ1) is 18.4. The van der Waals surface area contributed by atoms with Crippen LogP contribution in [0.15, 0.2) is 77.7 Å². The Bertz CT molecular complexity index is 1400. The van der Waals surface area contributed by atoms with Crippen LogP contribution < -0.4 is 9.62 Å². The van der Waals surface area contributed by atoms with Gasteiger partial charge in [0.25, 0.3) is 10.0 Å². The van der Waals surface area contributed by atoms with E-state index in [1.807, 2.05) is 45.0 Å². The smallest absolute Gasteiger partial charge is 0.264 e. The van der Waals surface area contributed by atoms with E-state index >= 15 is 0 Å². The van der Waals surface area contributed by atoms with Crippen molar-refractivity contribution in [3.8, 4) is 0 Å². The van der Waals surface area contributed by atoms with Gasteiger partial charge in [-0.1, -0.05) is 78.2 Å². The van der Waals surface area contributed by atoms with Gasteiger partial charge in [0, 0.05) is 17.6 Å². The maximum absolute atomic E-state index is 13.9. The molecule has 0 saturated heterocycles. The molecule has 0 fully saturated rings. The largest absolute Gasteiger partial charge is 0.352 e. The van der Waals surface area contributed by atoms with E-state index in [1.54, 1.807) is 25.1 Å². The minimum absolute atomic E-state index is 0.00327. The van der Waals surface area contributed by atoms with Crippen LogP contribution in [-0.2, 0) is 26.2 Å². The fraction of sp³-hybridized carbons (Fsp3) is 0.310. The molecule has 0 bridgehead atoms. The van der Waals surface area contributed by atoms with Crippen LogP contribution in [-0.4, -0.2) is 43.8 Å². The van der Waals surface area contributed by atoms with Gasteiger partial charge >= 0.3 is 0 Å². The van der Waals surface area contributed by atoms with Gasteiger partial charge < -0.3 is 10.2 Å². The molecule has 0 aliphatic carbocycles. The van der Waals surface area contributed by atoms with E-state index in [2.05, 4.69) is 5.32 Å². The predicted molar refractivity (Wildman–Crippen MR) is 157 cm³/mol. The maximum atomic E-state index is 13.9. The summed E-state index contributed by atoms with van der Waals surface area (Å²) in [5.41, 5.74) is 1.96. The Kier molecular flexibility index (Phi) is 10.4. The van der Waals surface area contributed by atoms with Crippen LogP contribution in [0.1, 0.15) is 38.3 Å². The van der Waals surface area contributed by atoms with Gasteiger partial charge in [0.15, 0.2) is 0 Å². The zero-order valence-electron chi connectivity index (χ0n) is 22.4. The second-order valence-corrected chi connectivity index (χ2v) is 12.1. The minimum Gasteiger partial charge on any atom is -0.352 e. The summed E-state index contributed by atoms with van der Waals surface area (Å²) in [5.74, 6) is -0.889. The first-order valence-electron chi connectivity index (χ1n) is 12.6. The molecule has 0 radical (unpaired) electrons. The van der Waals surface area contributed by atoms with Gasteiger partial charge in [0.05, 0.1) is 15.6 Å². The molecule has 7 nitrogen and oxygen atoms in total. The van der Waals surface area contributed by atoms with Crippen LogP contribution in [0, 0.1) is 6.92 Å². The number of carbonyl (C=O) groups excluding carboxylic acids is 2. The summed E-state index contributed by atoms with van der Waals surface area (Å²) in [6.45, 7) is 6.96. The average molecular weight is 591 g/mol. The maximum Gasteiger partial charge on any atom is 0.264 e. The summed E-state index contributed by atoms with van der Waals surface area (Å²) in [6, 6.07) is 18.8. The number of halogens is 2. The summed E-state index contributed by atoms with van der Waals surface area (Å²) in [7, 11) is -4.21. The van der Waals surface area contributed by atoms with Crippen LogP contribution in [0.4, 0.5) is 5.69 Å². The van der Waals surface area contributed by atoms with E-state index in [0.29, 0.717) is 5.02 Å². The number of benzene rings is 3. The van der Waals surface area contributed by atoms with Crippen molar-refractivity contribution >= 4 is 50.7 Å². The van der Waals surface area contributed by atoms with Crippen LogP contribution in [0.2, 0.25) is 10.0 Å². The number of sulfonamides is 1. The molecule has 208 valence electrons. The van der Waals surface area contributed by atoms with Crippen LogP contribution >= 0.6 is 23.2 Å². The first kappa shape index (κ1) is 30.5. The number of rotatable bonds is 11. The molecule has 3 aromatic rings. The first-order valence-corrected chi connectivity index (χ1v) is 14.8. The molecule has 2 amide bonds. The molecule has 3 aromatic carbocycles. The molecule has 0 aromatic heterocycles. The highest BCUT2D eigenvalue weighted by atomic mass is 35.5. The third-order valence-corrected chi connectivity index (χ3v) is 8.74. The van der Waals surface area contributed by atoms with Crippen molar-refractivity contribution in [2.75, 3.05) is 10.8 Å². The number of anilines is 1. The lowest BCUT2D eigenvalue weighted by molar-refractivity contribution is -0.139. The summed E-state index contributed by atoms with van der Waals surface area (Å²) >= 11 is 12.5. The van der Waals surface area contributed by atoms with E-state index in [1.165, 1.54) is 35.2 Å². The molecule has 10 heteroatoms. The van der Waals surface area contributed by atoms with Crippen molar-refractivity contribution in [2.45, 2.75) is 57.6 Å². The Labute approximate surface area is 240 Å². The molecule has 0 aliphatic heterocycles. The van der Waals surface area contributed by atoms with E-state index in [9.17, 15) is 18.0 Å². The molecule has 3 rings (SSSR count). The number of nitrogens with zero attached hydrogens (tertiary/aromatic N) is 2. The number of hydrogen-bond donors (Lipinski definition) is 1. The fourth-order valence-corrected chi connectivity index (χ4v) is 5.87. The quantitative estimate of drug-likeness (QED) is 0.305. The van der Waals surface area contributed by atoms with Gasteiger partial charge in [-0.2, -0.15) is 0 Å². The average Bonchev–Trinajstić information content (AvgIpc) is 2.91. The highest BCUT2D eigenvalue weighted by Crippen LogP contribution is 2.33. The van der Waals surface area contributed by atoms with Crippen LogP contribution in [0.3, 0.4) is 0 Å². The van der Waals surface area contributed by atoms with Crippen LogP contribution in [0.25, 0.3) is 0 Å². The number of carbonyl (C=O) groups is 2. The third kappa shape index (κ3) is 7.75. The normalized spacial score (nSPS) is 12.9. The number of nitrogens with one attached hydrogen (secondary N) is 1. The monoisotopic (exact) mass is 589 g/mol. The molecule has 0 saturated carbocycles. The molecule has 0 unspecified atom stereocenters. The molecule has 2 atom stereocenters. The van der Waals surface area contributed by atoms with Gasteiger partial charge in [0.1, 0.15) is 12.6 Å². The second-order valence-electron chi connectivity index (χ2n) is 9.42. The number of hydrogen-bond acceptors (Lipinski definition) is 4. The molecular weight excluding hydrogens is 557 g/mol. The van der Waals surface area contributed by atoms with E-state index in [-0.39, 0.29) is 34.1 Å². The van der Waals surface area contributed by atoms with Crippen molar-refractivity contribution in [3.05, 3.63) is 94.0 Å². The highest BCUT2D eigenvalue weighted by Gasteiger charge is 2.33. The Hall–Kier alpha value is -3.07. The van der Waals surface area contributed by atoms with E-state index < -0.39 is 28.5 Å². The number of aryl methyl sites for hydroxylation is 1. The lowest BCUT2D eigenvalue weighted by Crippen LogP contribution is -2.52. The van der Waals surface area contributed by atoms with Crippen molar-refractivity contribution in [2.24, 2.45) is 0 Å². The van der Waals surface area contributed by atoms with Gasteiger partial charge in [-0.05, 0) is 63.1 Å². The van der Waals surface area contributed by atoms with E-state index in [4.69, 9.17) is 23.2 Å². The summed E-state index contributed by atoms with van der Waals surface area (Å²) in [5, 5.41) is 3.31. The Morgan fingerprint density at radius 1 is 0.949 bits per heavy atom. The highest BCUT2D eigenvalue weighted by molar-refractivity contribution is 7.92. The summed E-state index contributed by atoms with van der Waals surface area (Å²) in [4.78, 5) is 28.4. The zero-order valence-corrected chi connectivity index (χ0v) is 24.7. The van der Waals surface area contributed by atoms with Gasteiger partial charge in [-0.3, -0.25) is 13.9 Å². The number of amides is 2. The Balaban J connectivity index is 2.04. The molecule has 0 heterocycles. The zero-order chi connectivity index (χ0) is 28.7. The molecule has 0 spiro atoms. The second kappa shape index (κ2) is 13.3. The van der Waals surface area contributed by atoms with Crippen molar-refractivity contribution in [3.63, 3.8) is 0 Å². The minimum atomic E-state index is -4.21. The van der Waals surface area contributed by atoms with Gasteiger partial charge in [0.2, 0.25) is 11.8 Å². The molecular formula is C29H33Cl2N3O4S. The molecule has 1 N–H and O–H groups in total. The lowest BCUT2D eigenvalue weighted by atomic mass is 10.1. The fourth-order valence-electron chi connectivity index (χ4n) is 3.85. The molecule has 0 aliphatic rings. The van der Waals surface area contributed by atoms with Crippen LogP contribution in [0.5, 0.6) is 0 Å². The lowest BCUT2D eigenvalue weighted by Gasteiger charge is -2.32. The predicted octanol–water partition coefficient (Wildman–Crippen LogP) is 5.83. The Morgan fingerprint density at radius 2 is 1.59 bits per heavy atom. The molecule has 39 heavy (non-hydrogen) atoms. The van der Waals surface area contributed by atoms with E-state index in [0.717, 1.165) is 21.9 Å². The summed E-state index contributed by atoms with van der Waals surface area (Å²) < 4.78 is 28.6. The van der Waals surface area contributed by atoms with Crippen molar-refractivity contribution in [1.82, 2.24) is 10.2 Å². The van der Waals surface area contributed by atoms with Gasteiger partial charge in [-0.25, -0.2) is 8.42 Å². The Morgan fingerprint density at radius 3 is 2.18 bits per heavy atom. The standard InChI is InChI=1S/C29H33Cl2N3O4S/c1-5-21(3)32-29(36)22(4)33(18-23-13-11-20(2)12-14-23)28(35)19-34(27-16-15-24(30)17-26(27)31)39(37,38)25-9-7-6-8-10-25/h6-17,21-22H,5,18-19H2,1-4H3,(H,32,36)/t21-,22-/m0/s1. The SMILES string of the molecule is CC[C@H](C)NC(=O)[C@H](C)N(Cc1ccc(C)cc1)C(=O)CN(c1ccc(Cl)cc1Cl)S(=O)(=O)c1ccccc1. The topological polar surface area (TPSA) is 86.8 Å². The third-order valence-electron chi connectivity index (χ3n) is 6.43. The van der Waals surface area contributed by atoms with Crippen molar-refractivity contribution in [1.29, 1.82) is 0 Å². The van der Waals surface area contributed by atoms with Gasteiger partial charge in [-0.15, -0.1) is 0 Å².